The van der Waals surface area contributed by atoms with Gasteiger partial charge < -0.3 is 15.4 Å². The van der Waals surface area contributed by atoms with Crippen molar-refractivity contribution < 1.29 is 4.74 Å². The maximum Gasteiger partial charge on any atom is 0.224 e. The van der Waals surface area contributed by atoms with Crippen molar-refractivity contribution in [3.63, 3.8) is 0 Å². The van der Waals surface area contributed by atoms with Crippen LogP contribution in [0, 0.1) is 6.92 Å². The van der Waals surface area contributed by atoms with E-state index in [1.54, 1.807) is 17.5 Å². The van der Waals surface area contributed by atoms with Crippen molar-refractivity contribution in [3.05, 3.63) is 22.3 Å². The number of rotatable bonds is 5. The summed E-state index contributed by atoms with van der Waals surface area (Å²) in [6.07, 6.45) is 3.94. The Kier molecular flexibility index (Phi) is 4.56. The summed E-state index contributed by atoms with van der Waals surface area (Å²) in [5, 5.41) is 16.5. The minimum atomic E-state index is 0.326. The first kappa shape index (κ1) is 14.2. The zero-order valence-corrected chi connectivity index (χ0v) is 12.7. The van der Waals surface area contributed by atoms with Crippen LogP contribution in [0.1, 0.15) is 22.9 Å². The highest BCUT2D eigenvalue weighted by Crippen LogP contribution is 2.14. The first-order chi connectivity index (χ1) is 10.3. The van der Waals surface area contributed by atoms with Gasteiger partial charge >= 0.3 is 0 Å². The van der Waals surface area contributed by atoms with E-state index >= 15 is 0 Å². The highest BCUT2D eigenvalue weighted by atomic mass is 32.1. The largest absolute Gasteiger partial charge is 0.379 e. The van der Waals surface area contributed by atoms with Crippen molar-refractivity contribution in [2.75, 3.05) is 23.8 Å². The Morgan fingerprint density at radius 1 is 1.43 bits per heavy atom. The number of aryl methyl sites for hydroxylation is 1. The number of hydrogen-bond donors (Lipinski definition) is 2. The first-order valence-corrected chi connectivity index (χ1v) is 7.81. The highest BCUT2D eigenvalue weighted by molar-refractivity contribution is 7.11. The van der Waals surface area contributed by atoms with E-state index in [1.807, 2.05) is 13.0 Å². The molecule has 1 fully saturated rings. The zero-order chi connectivity index (χ0) is 14.5. The summed E-state index contributed by atoms with van der Waals surface area (Å²) in [6, 6.07) is 2.20. The molecular weight excluding hydrogens is 288 g/mol. The molecular formula is C13H18N6OS. The van der Waals surface area contributed by atoms with Gasteiger partial charge in [0, 0.05) is 12.8 Å². The highest BCUT2D eigenvalue weighted by Gasteiger charge is 2.14. The van der Waals surface area contributed by atoms with E-state index < -0.39 is 0 Å². The van der Waals surface area contributed by atoms with Crippen molar-refractivity contribution >= 4 is 23.1 Å². The fourth-order valence-electron chi connectivity index (χ4n) is 2.15. The van der Waals surface area contributed by atoms with Crippen molar-refractivity contribution in [2.45, 2.75) is 32.4 Å². The molecule has 7 nitrogen and oxygen atoms in total. The predicted octanol–water partition coefficient (Wildman–Crippen LogP) is 1.84. The second-order valence-corrected chi connectivity index (χ2v) is 6.16. The molecule has 0 spiro atoms. The molecule has 1 aliphatic rings. The van der Waals surface area contributed by atoms with E-state index in [9.17, 15) is 0 Å². The number of nitrogens with zero attached hydrogens (tertiary/aromatic N) is 4. The summed E-state index contributed by atoms with van der Waals surface area (Å²) in [4.78, 5) is 8.67. The van der Waals surface area contributed by atoms with Crippen LogP contribution in [0.3, 0.4) is 0 Å². The third kappa shape index (κ3) is 4.08. The van der Waals surface area contributed by atoms with Crippen LogP contribution in [-0.2, 0) is 11.3 Å². The van der Waals surface area contributed by atoms with Crippen LogP contribution in [0.5, 0.6) is 0 Å². The summed E-state index contributed by atoms with van der Waals surface area (Å²) in [6.45, 7) is 4.11. The molecule has 2 aromatic rings. The van der Waals surface area contributed by atoms with E-state index in [2.05, 4.69) is 30.8 Å². The van der Waals surface area contributed by atoms with Gasteiger partial charge in [0.15, 0.2) is 0 Å². The summed E-state index contributed by atoms with van der Waals surface area (Å²) >= 11 is 1.57. The van der Waals surface area contributed by atoms with Crippen molar-refractivity contribution in [2.24, 2.45) is 0 Å². The summed E-state index contributed by atoms with van der Waals surface area (Å²) in [7, 11) is 0. The van der Waals surface area contributed by atoms with Crippen LogP contribution in [0.25, 0.3) is 0 Å². The van der Waals surface area contributed by atoms with Gasteiger partial charge in [-0.1, -0.05) is 11.3 Å². The molecule has 0 aromatic carbocycles. The van der Waals surface area contributed by atoms with E-state index in [1.165, 1.54) is 0 Å². The molecule has 112 valence electrons. The Labute approximate surface area is 127 Å². The third-order valence-corrected chi connectivity index (χ3v) is 3.97. The Balaban J connectivity index is 1.57. The molecule has 0 radical (unpaired) electrons. The number of aromatic nitrogens is 4. The summed E-state index contributed by atoms with van der Waals surface area (Å²) < 4.78 is 5.46. The van der Waals surface area contributed by atoms with Gasteiger partial charge in [0.2, 0.25) is 5.95 Å². The van der Waals surface area contributed by atoms with E-state index in [4.69, 9.17) is 4.74 Å². The van der Waals surface area contributed by atoms with E-state index in [0.717, 1.165) is 41.9 Å². The third-order valence-electron chi connectivity index (χ3n) is 3.13. The van der Waals surface area contributed by atoms with Gasteiger partial charge in [-0.2, -0.15) is 4.98 Å². The van der Waals surface area contributed by atoms with Gasteiger partial charge in [-0.25, -0.2) is 4.98 Å². The van der Waals surface area contributed by atoms with Crippen molar-refractivity contribution in [3.8, 4) is 0 Å². The minimum absolute atomic E-state index is 0.326. The fraction of sp³-hybridized carbons (Fsp3) is 0.538. The van der Waals surface area contributed by atoms with Crippen LogP contribution in [0.4, 0.5) is 11.8 Å². The first-order valence-electron chi connectivity index (χ1n) is 7.00. The van der Waals surface area contributed by atoms with Gasteiger partial charge in [-0.15, -0.1) is 10.2 Å². The Hall–Kier alpha value is -1.80. The van der Waals surface area contributed by atoms with E-state index in [-0.39, 0.29) is 0 Å². The second-order valence-electron chi connectivity index (χ2n) is 4.89. The maximum atomic E-state index is 5.46. The Morgan fingerprint density at radius 2 is 2.38 bits per heavy atom. The summed E-state index contributed by atoms with van der Waals surface area (Å²) in [5.41, 5.74) is 0. The lowest BCUT2D eigenvalue weighted by molar-refractivity contribution is 0.0875. The lowest BCUT2D eigenvalue weighted by atomic mass is 10.1. The number of ether oxygens (including phenoxy) is 1. The molecule has 21 heavy (non-hydrogen) atoms. The smallest absolute Gasteiger partial charge is 0.224 e. The quantitative estimate of drug-likeness (QED) is 0.871. The van der Waals surface area contributed by atoms with Gasteiger partial charge in [0.05, 0.1) is 19.2 Å². The van der Waals surface area contributed by atoms with E-state index in [0.29, 0.717) is 18.5 Å². The average Bonchev–Trinajstić information content (AvgIpc) is 2.92. The molecule has 1 aliphatic heterocycles. The van der Waals surface area contributed by atoms with Crippen molar-refractivity contribution in [1.82, 2.24) is 20.2 Å². The molecule has 3 heterocycles. The van der Waals surface area contributed by atoms with Gasteiger partial charge in [-0.3, -0.25) is 0 Å². The van der Waals surface area contributed by atoms with Gasteiger partial charge in [0.25, 0.3) is 0 Å². The molecule has 0 unspecified atom stereocenters. The molecule has 0 amide bonds. The molecule has 3 rings (SSSR count). The molecule has 8 heteroatoms. The van der Waals surface area contributed by atoms with Gasteiger partial charge in [-0.05, 0) is 25.8 Å². The van der Waals surface area contributed by atoms with Crippen LogP contribution in [0.2, 0.25) is 0 Å². The Bertz CT molecular complexity index is 584. The average molecular weight is 306 g/mol. The lowest BCUT2D eigenvalue weighted by Crippen LogP contribution is -2.30. The Morgan fingerprint density at radius 3 is 3.14 bits per heavy atom. The number of nitrogens with one attached hydrogen (secondary N) is 2. The lowest BCUT2D eigenvalue weighted by Gasteiger charge is -2.23. The topological polar surface area (TPSA) is 84.9 Å². The second kappa shape index (κ2) is 6.77. The predicted molar refractivity (Wildman–Crippen MR) is 81.5 cm³/mol. The molecule has 0 saturated carbocycles. The number of anilines is 2. The standard InChI is InChI=1S/C13H18N6OS/c1-9-18-19-12(21-9)7-15-13-14-5-4-11(17-13)16-10-3-2-6-20-8-10/h4-5,10H,2-3,6-8H2,1H3,(H2,14,15,16,17)/t10-/m1/s1. The maximum absolute atomic E-state index is 5.46. The van der Waals surface area contributed by atoms with Gasteiger partial charge in [0.1, 0.15) is 15.8 Å². The van der Waals surface area contributed by atoms with Crippen LogP contribution in [0.15, 0.2) is 12.3 Å². The molecule has 2 N–H and O–H groups in total. The SMILES string of the molecule is Cc1nnc(CNc2nccc(N[C@@H]3CCCOC3)n2)s1. The van der Waals surface area contributed by atoms with Crippen LogP contribution >= 0.6 is 11.3 Å². The normalized spacial score (nSPS) is 18.4. The fourth-order valence-corrected chi connectivity index (χ4v) is 2.80. The van der Waals surface area contributed by atoms with Crippen LogP contribution in [-0.4, -0.2) is 39.4 Å². The molecule has 0 bridgehead atoms. The monoisotopic (exact) mass is 306 g/mol. The minimum Gasteiger partial charge on any atom is -0.379 e. The molecule has 1 saturated heterocycles. The van der Waals surface area contributed by atoms with Crippen LogP contribution < -0.4 is 10.6 Å². The molecule has 1 atom stereocenters. The molecule has 2 aromatic heterocycles. The summed E-state index contributed by atoms with van der Waals surface area (Å²) in [5.74, 6) is 1.40. The number of hydrogen-bond acceptors (Lipinski definition) is 8. The van der Waals surface area contributed by atoms with Crippen molar-refractivity contribution in [1.29, 1.82) is 0 Å². The molecule has 0 aliphatic carbocycles. The zero-order valence-electron chi connectivity index (χ0n) is 11.9.